The summed E-state index contributed by atoms with van der Waals surface area (Å²) >= 11 is 0. The van der Waals surface area contributed by atoms with Crippen LogP contribution in [-0.2, 0) is 4.74 Å². The minimum Gasteiger partial charge on any atom is -0.379 e. The van der Waals surface area contributed by atoms with Crippen molar-refractivity contribution in [1.82, 2.24) is 15.1 Å². The first-order valence-electron chi connectivity index (χ1n) is 7.66. The highest BCUT2D eigenvalue weighted by atomic mass is 16.5. The minimum absolute atomic E-state index is 0.0240. The lowest BCUT2D eigenvalue weighted by molar-refractivity contribution is 0.132. The molecule has 0 spiro atoms. The highest BCUT2D eigenvalue weighted by Crippen LogP contribution is 2.36. The van der Waals surface area contributed by atoms with E-state index in [4.69, 9.17) is 10.5 Å². The number of nitrogens with one attached hydrogen (secondary N) is 1. The highest BCUT2D eigenvalue weighted by molar-refractivity contribution is 5.99. The van der Waals surface area contributed by atoms with Gasteiger partial charge in [-0.2, -0.15) is 5.10 Å². The number of ether oxygens (including phenoxy) is 1. The molecule has 7 heteroatoms. The van der Waals surface area contributed by atoms with Gasteiger partial charge in [0, 0.05) is 30.6 Å². The van der Waals surface area contributed by atoms with E-state index in [0.29, 0.717) is 12.0 Å². The van der Waals surface area contributed by atoms with Crippen LogP contribution in [0.25, 0.3) is 5.57 Å². The molecule has 0 aromatic carbocycles. The molecular formula is C15H20N6O. The predicted octanol–water partition coefficient (Wildman–Crippen LogP) is 0.977. The molecule has 0 saturated carbocycles. The van der Waals surface area contributed by atoms with Crippen LogP contribution in [0.3, 0.4) is 0 Å². The van der Waals surface area contributed by atoms with Crippen LogP contribution >= 0.6 is 0 Å². The Morgan fingerprint density at radius 3 is 3.09 bits per heavy atom. The third-order valence-electron chi connectivity index (χ3n) is 4.68. The Bertz CT molecular complexity index is 641. The van der Waals surface area contributed by atoms with Gasteiger partial charge in [-0.15, -0.1) is 0 Å². The van der Waals surface area contributed by atoms with Crippen molar-refractivity contribution in [1.29, 1.82) is 0 Å². The van der Waals surface area contributed by atoms with Crippen molar-refractivity contribution in [3.8, 4) is 0 Å². The molecule has 1 aromatic rings. The van der Waals surface area contributed by atoms with Crippen LogP contribution in [0.15, 0.2) is 28.4 Å². The molecule has 116 valence electrons. The molecule has 4 rings (SSSR count). The lowest BCUT2D eigenvalue weighted by Gasteiger charge is -2.42. The summed E-state index contributed by atoms with van der Waals surface area (Å²) in [4.78, 5) is 11.3. The fourth-order valence-corrected chi connectivity index (χ4v) is 3.50. The van der Waals surface area contributed by atoms with Crippen LogP contribution in [0.4, 0.5) is 0 Å². The Labute approximate surface area is 129 Å². The first-order valence-corrected chi connectivity index (χ1v) is 7.66. The number of hydrogen-bond donors (Lipinski definition) is 2. The van der Waals surface area contributed by atoms with Crippen molar-refractivity contribution in [2.75, 3.05) is 13.2 Å². The van der Waals surface area contributed by atoms with E-state index in [9.17, 15) is 0 Å². The number of nitrogens with two attached hydrogens (primary N) is 1. The average Bonchev–Trinajstić information content (AvgIpc) is 3.20. The second-order valence-electron chi connectivity index (χ2n) is 6.05. The molecule has 1 aromatic heterocycles. The zero-order valence-corrected chi connectivity index (χ0v) is 12.6. The summed E-state index contributed by atoms with van der Waals surface area (Å²) in [6.07, 6.45) is 5.91. The molecule has 7 nitrogen and oxygen atoms in total. The van der Waals surface area contributed by atoms with E-state index in [1.54, 1.807) is 6.20 Å². The topological polar surface area (TPSA) is 91.9 Å². The second-order valence-corrected chi connectivity index (χ2v) is 6.05. The number of allylic oxidation sites excluding steroid dienone is 1. The minimum atomic E-state index is 0.0240. The van der Waals surface area contributed by atoms with Gasteiger partial charge in [0.15, 0.2) is 0 Å². The Morgan fingerprint density at radius 1 is 1.45 bits per heavy atom. The van der Waals surface area contributed by atoms with E-state index >= 15 is 0 Å². The lowest BCUT2D eigenvalue weighted by atomic mass is 9.86. The largest absolute Gasteiger partial charge is 0.379 e. The number of hydrogen-bond acceptors (Lipinski definition) is 6. The lowest BCUT2D eigenvalue weighted by Crippen LogP contribution is -2.50. The zero-order chi connectivity index (χ0) is 15.1. The zero-order valence-electron chi connectivity index (χ0n) is 12.6. The fraction of sp³-hybridized carbons (Fsp3) is 0.533. The third kappa shape index (κ3) is 2.21. The van der Waals surface area contributed by atoms with E-state index in [1.807, 2.05) is 13.0 Å². The summed E-state index contributed by atoms with van der Waals surface area (Å²) in [6, 6.07) is 2.34. The number of aromatic nitrogens is 2. The van der Waals surface area contributed by atoms with Crippen LogP contribution in [0.5, 0.6) is 0 Å². The van der Waals surface area contributed by atoms with Gasteiger partial charge in [-0.1, -0.05) is 0 Å². The summed E-state index contributed by atoms with van der Waals surface area (Å²) in [5, 5.41) is 7.13. The SMILES string of the molecule is CC1=NC(N)=NC2C1CC(c1ccn[nH]1)=CN2[C@H]1CCOC1. The maximum absolute atomic E-state index is 5.89. The van der Waals surface area contributed by atoms with Crippen molar-refractivity contribution in [3.63, 3.8) is 0 Å². The number of rotatable bonds is 2. The highest BCUT2D eigenvalue weighted by Gasteiger charge is 2.39. The normalized spacial score (nSPS) is 31.4. The number of H-pyrrole nitrogens is 1. The standard InChI is InChI=1S/C15H20N6O/c1-9-12-6-10(13-2-4-17-20-13)7-21(11-3-5-22-8-11)14(12)19-15(16)18-9/h2,4,7,11-12,14H,3,5-6,8H2,1H3,(H2,16,19)(H,17,20)/t11-,12?,14?/m0/s1. The molecule has 1 fully saturated rings. The quantitative estimate of drug-likeness (QED) is 0.851. The van der Waals surface area contributed by atoms with Gasteiger partial charge in [0.25, 0.3) is 0 Å². The van der Waals surface area contributed by atoms with Gasteiger partial charge in [-0.3, -0.25) is 5.10 Å². The molecule has 3 N–H and O–H groups in total. The van der Waals surface area contributed by atoms with Crippen LogP contribution in [0, 0.1) is 5.92 Å². The van der Waals surface area contributed by atoms with Crippen LogP contribution in [0.2, 0.25) is 0 Å². The van der Waals surface area contributed by atoms with Gasteiger partial charge in [0.1, 0.15) is 6.17 Å². The van der Waals surface area contributed by atoms with Crippen LogP contribution in [0.1, 0.15) is 25.5 Å². The van der Waals surface area contributed by atoms with Gasteiger partial charge in [-0.05, 0) is 31.4 Å². The monoisotopic (exact) mass is 300 g/mol. The molecule has 0 radical (unpaired) electrons. The molecule has 3 aliphatic rings. The molecule has 0 aliphatic carbocycles. The summed E-state index contributed by atoms with van der Waals surface area (Å²) in [7, 11) is 0. The first-order chi connectivity index (χ1) is 10.7. The van der Waals surface area contributed by atoms with Crippen molar-refractivity contribution in [2.24, 2.45) is 21.6 Å². The van der Waals surface area contributed by atoms with E-state index in [1.165, 1.54) is 5.57 Å². The third-order valence-corrected chi connectivity index (χ3v) is 4.68. The number of aromatic amines is 1. The Morgan fingerprint density at radius 2 is 2.36 bits per heavy atom. The van der Waals surface area contributed by atoms with E-state index < -0.39 is 0 Å². The number of nitrogens with zero attached hydrogens (tertiary/aromatic N) is 4. The molecule has 3 atom stereocenters. The molecule has 2 unspecified atom stereocenters. The summed E-state index contributed by atoms with van der Waals surface area (Å²) < 4.78 is 5.57. The Balaban J connectivity index is 1.74. The summed E-state index contributed by atoms with van der Waals surface area (Å²) in [6.45, 7) is 3.58. The maximum Gasteiger partial charge on any atom is 0.217 e. The average molecular weight is 300 g/mol. The van der Waals surface area contributed by atoms with Crippen molar-refractivity contribution in [3.05, 3.63) is 24.2 Å². The van der Waals surface area contributed by atoms with Gasteiger partial charge in [0.05, 0.1) is 18.3 Å². The van der Waals surface area contributed by atoms with Crippen molar-refractivity contribution < 1.29 is 4.74 Å². The van der Waals surface area contributed by atoms with Gasteiger partial charge >= 0.3 is 0 Å². The van der Waals surface area contributed by atoms with Crippen molar-refractivity contribution >= 4 is 17.2 Å². The van der Waals surface area contributed by atoms with Gasteiger partial charge in [-0.25, -0.2) is 9.98 Å². The number of fused-ring (bicyclic) bond motifs is 1. The van der Waals surface area contributed by atoms with Crippen LogP contribution < -0.4 is 5.73 Å². The number of guanidine groups is 1. The van der Waals surface area contributed by atoms with E-state index in [-0.39, 0.29) is 12.1 Å². The molecule has 0 amide bonds. The van der Waals surface area contributed by atoms with Gasteiger partial charge in [0.2, 0.25) is 5.96 Å². The first kappa shape index (κ1) is 13.5. The number of aliphatic imine (C=N–C) groups is 2. The van der Waals surface area contributed by atoms with Gasteiger partial charge < -0.3 is 15.4 Å². The Hall–Kier alpha value is -2.15. The molecule has 1 saturated heterocycles. The van der Waals surface area contributed by atoms with Crippen molar-refractivity contribution in [2.45, 2.75) is 32.0 Å². The second kappa shape index (κ2) is 5.24. The van der Waals surface area contributed by atoms with Crippen LogP contribution in [-0.4, -0.2) is 52.2 Å². The smallest absolute Gasteiger partial charge is 0.217 e. The van der Waals surface area contributed by atoms with E-state index in [2.05, 4.69) is 31.3 Å². The molecule has 22 heavy (non-hydrogen) atoms. The molecule has 4 heterocycles. The molecular weight excluding hydrogens is 280 g/mol. The fourth-order valence-electron chi connectivity index (χ4n) is 3.50. The maximum atomic E-state index is 5.89. The predicted molar refractivity (Wildman–Crippen MR) is 84.3 cm³/mol. The molecule has 0 bridgehead atoms. The Kier molecular flexibility index (Phi) is 3.22. The van der Waals surface area contributed by atoms with E-state index in [0.717, 1.165) is 37.5 Å². The summed E-state index contributed by atoms with van der Waals surface area (Å²) in [5.74, 6) is 0.622. The summed E-state index contributed by atoms with van der Waals surface area (Å²) in [5.41, 5.74) is 9.22. The molecule has 3 aliphatic heterocycles.